The lowest BCUT2D eigenvalue weighted by Crippen LogP contribution is -2.24. The van der Waals surface area contributed by atoms with Gasteiger partial charge in [-0.05, 0) is 26.0 Å². The lowest BCUT2D eigenvalue weighted by molar-refractivity contribution is -0.109. The maximum atomic E-state index is 13.0. The molecule has 0 atom stereocenters. The Hall–Kier alpha value is -4.80. The lowest BCUT2D eigenvalue weighted by atomic mass is 9.98. The molecule has 0 radical (unpaired) electrons. The van der Waals surface area contributed by atoms with Crippen molar-refractivity contribution in [3.8, 4) is 33.6 Å². The standard InChI is InChI=1S/C30H22Cl2N6O4/c1-17-15-37-25(29(41)35(17)9-11-39)13-23(33-37)21-7-3-5-19(27(21)31)20-6-4-8-22(28(20)32)24-14-26-30(42)36(10-12-40)18(2)16-38(26)34-24/h3-8,11-16H,9-10H2,1-2H3. The molecule has 0 aliphatic heterocycles. The van der Waals surface area contributed by atoms with Crippen LogP contribution in [-0.4, -0.2) is 40.9 Å². The van der Waals surface area contributed by atoms with Crippen LogP contribution >= 0.6 is 23.2 Å². The van der Waals surface area contributed by atoms with Crippen LogP contribution in [0.1, 0.15) is 11.4 Å². The molecule has 2 aromatic carbocycles. The van der Waals surface area contributed by atoms with E-state index in [-0.39, 0.29) is 24.2 Å². The van der Waals surface area contributed by atoms with E-state index in [1.165, 1.54) is 18.2 Å². The van der Waals surface area contributed by atoms with E-state index in [9.17, 15) is 19.2 Å². The van der Waals surface area contributed by atoms with E-state index in [2.05, 4.69) is 10.2 Å². The Bertz CT molecular complexity index is 2040. The summed E-state index contributed by atoms with van der Waals surface area (Å²) in [5.41, 5.74) is 4.60. The van der Waals surface area contributed by atoms with Crippen molar-refractivity contribution < 1.29 is 9.59 Å². The van der Waals surface area contributed by atoms with Gasteiger partial charge in [-0.15, -0.1) is 0 Å². The molecule has 0 aliphatic rings. The maximum Gasteiger partial charge on any atom is 0.277 e. The molecule has 0 fully saturated rings. The minimum Gasteiger partial charge on any atom is -0.302 e. The molecule has 12 heteroatoms. The minimum absolute atomic E-state index is 0.0481. The third kappa shape index (κ3) is 4.36. The zero-order chi connectivity index (χ0) is 29.7. The van der Waals surface area contributed by atoms with Gasteiger partial charge < -0.3 is 18.7 Å². The Labute approximate surface area is 248 Å². The van der Waals surface area contributed by atoms with E-state index in [4.69, 9.17) is 23.2 Å². The highest BCUT2D eigenvalue weighted by Gasteiger charge is 2.20. The second-order valence-electron chi connectivity index (χ2n) is 9.76. The zero-order valence-electron chi connectivity index (χ0n) is 22.4. The number of rotatable bonds is 7. The van der Waals surface area contributed by atoms with Gasteiger partial charge in [-0.1, -0.05) is 59.6 Å². The molecule has 0 saturated heterocycles. The molecule has 6 aromatic rings. The number of benzene rings is 2. The summed E-state index contributed by atoms with van der Waals surface area (Å²) in [6.45, 7) is 3.37. The molecule has 0 amide bonds. The number of carbonyl (C=O) groups is 2. The fourth-order valence-electron chi connectivity index (χ4n) is 5.14. The predicted octanol–water partition coefficient (Wildman–Crippen LogP) is 4.63. The molecule has 210 valence electrons. The zero-order valence-corrected chi connectivity index (χ0v) is 23.9. The van der Waals surface area contributed by atoms with Crippen LogP contribution in [0.3, 0.4) is 0 Å². The molecule has 4 aromatic heterocycles. The number of aryl methyl sites for hydroxylation is 2. The summed E-state index contributed by atoms with van der Waals surface area (Å²) < 4.78 is 5.74. The molecule has 4 heterocycles. The first-order chi connectivity index (χ1) is 20.2. The molecule has 6 rings (SSSR count). The largest absolute Gasteiger partial charge is 0.302 e. The summed E-state index contributed by atoms with van der Waals surface area (Å²) in [5.74, 6) is 0. The molecular weight excluding hydrogens is 579 g/mol. The summed E-state index contributed by atoms with van der Waals surface area (Å²) in [4.78, 5) is 48.1. The predicted molar refractivity (Wildman–Crippen MR) is 160 cm³/mol. The highest BCUT2D eigenvalue weighted by molar-refractivity contribution is 6.39. The van der Waals surface area contributed by atoms with Gasteiger partial charge in [-0.3, -0.25) is 9.59 Å². The van der Waals surface area contributed by atoms with Gasteiger partial charge in [0.15, 0.2) is 0 Å². The van der Waals surface area contributed by atoms with Crippen LogP contribution in [-0.2, 0) is 22.7 Å². The fourth-order valence-corrected chi connectivity index (χ4v) is 5.79. The first-order valence-corrected chi connectivity index (χ1v) is 13.6. The van der Waals surface area contributed by atoms with E-state index in [1.807, 2.05) is 24.3 Å². The third-order valence-corrected chi connectivity index (χ3v) is 8.04. The van der Waals surface area contributed by atoms with Gasteiger partial charge in [0.05, 0.1) is 34.5 Å². The molecule has 0 saturated carbocycles. The van der Waals surface area contributed by atoms with E-state index in [1.54, 1.807) is 50.5 Å². The van der Waals surface area contributed by atoms with Crippen molar-refractivity contribution in [3.05, 3.63) is 103 Å². The second-order valence-corrected chi connectivity index (χ2v) is 10.5. The average Bonchev–Trinajstić information content (AvgIpc) is 3.58. The minimum atomic E-state index is -0.329. The number of aromatic nitrogens is 6. The number of fused-ring (bicyclic) bond motifs is 2. The van der Waals surface area contributed by atoms with Crippen molar-refractivity contribution in [1.29, 1.82) is 0 Å². The Morgan fingerprint density at radius 3 is 1.43 bits per heavy atom. The van der Waals surface area contributed by atoms with Gasteiger partial charge in [0, 0.05) is 46.0 Å². The van der Waals surface area contributed by atoms with E-state index >= 15 is 0 Å². The Balaban J connectivity index is 1.46. The fraction of sp³-hybridized carbons (Fsp3) is 0.133. The van der Waals surface area contributed by atoms with Crippen molar-refractivity contribution >= 4 is 46.8 Å². The number of hydrogen-bond donors (Lipinski definition) is 0. The molecule has 42 heavy (non-hydrogen) atoms. The highest BCUT2D eigenvalue weighted by atomic mass is 35.5. The van der Waals surface area contributed by atoms with Crippen LogP contribution in [0.4, 0.5) is 0 Å². The molecule has 0 bridgehead atoms. The summed E-state index contributed by atoms with van der Waals surface area (Å²) in [6.07, 6.45) is 4.73. The summed E-state index contributed by atoms with van der Waals surface area (Å²) in [6, 6.07) is 14.2. The van der Waals surface area contributed by atoms with Crippen molar-refractivity contribution in [2.45, 2.75) is 26.9 Å². The van der Waals surface area contributed by atoms with Crippen LogP contribution < -0.4 is 11.1 Å². The summed E-state index contributed by atoms with van der Waals surface area (Å²) in [5, 5.41) is 9.92. The Morgan fingerprint density at radius 1 is 0.667 bits per heavy atom. The van der Waals surface area contributed by atoms with Gasteiger partial charge in [-0.25, -0.2) is 9.03 Å². The van der Waals surface area contributed by atoms with Crippen LogP contribution in [0.25, 0.3) is 44.7 Å². The van der Waals surface area contributed by atoms with Gasteiger partial charge in [-0.2, -0.15) is 10.2 Å². The summed E-state index contributed by atoms with van der Waals surface area (Å²) in [7, 11) is 0. The number of halogens is 2. The maximum absolute atomic E-state index is 13.0. The van der Waals surface area contributed by atoms with E-state index in [0.29, 0.717) is 78.7 Å². The average molecular weight is 601 g/mol. The smallest absolute Gasteiger partial charge is 0.277 e. The van der Waals surface area contributed by atoms with Gasteiger partial charge in [0.2, 0.25) is 0 Å². The molecular formula is C30H22Cl2N6O4. The van der Waals surface area contributed by atoms with Crippen LogP contribution in [0.2, 0.25) is 10.0 Å². The van der Waals surface area contributed by atoms with E-state index in [0.717, 1.165) is 0 Å². The van der Waals surface area contributed by atoms with Crippen LogP contribution in [0.5, 0.6) is 0 Å². The van der Waals surface area contributed by atoms with Crippen LogP contribution in [0, 0.1) is 13.8 Å². The van der Waals surface area contributed by atoms with Gasteiger partial charge in [0.25, 0.3) is 11.1 Å². The van der Waals surface area contributed by atoms with E-state index < -0.39 is 0 Å². The van der Waals surface area contributed by atoms with Crippen molar-refractivity contribution in [3.63, 3.8) is 0 Å². The molecule has 0 N–H and O–H groups in total. The topological polar surface area (TPSA) is 113 Å². The molecule has 0 unspecified atom stereocenters. The number of nitrogens with zero attached hydrogens (tertiary/aromatic N) is 6. The SMILES string of the molecule is Cc1cn2nc(-c3cccc(-c4cccc(-c5cc6c(=O)n(CC=O)c(C)cn6n5)c4Cl)c3Cl)cc2c(=O)n1CC=O. The monoisotopic (exact) mass is 600 g/mol. The van der Waals surface area contributed by atoms with Crippen molar-refractivity contribution in [2.24, 2.45) is 0 Å². The second kappa shape index (κ2) is 10.6. The normalized spacial score (nSPS) is 11.4. The first-order valence-electron chi connectivity index (χ1n) is 12.9. The lowest BCUT2D eigenvalue weighted by Gasteiger charge is -2.12. The van der Waals surface area contributed by atoms with Gasteiger partial charge >= 0.3 is 0 Å². The number of carbonyl (C=O) groups excluding carboxylic acids is 2. The Morgan fingerprint density at radius 2 is 1.05 bits per heavy atom. The quantitative estimate of drug-likeness (QED) is 0.247. The first kappa shape index (κ1) is 27.4. The molecule has 0 spiro atoms. The van der Waals surface area contributed by atoms with Crippen molar-refractivity contribution in [1.82, 2.24) is 28.4 Å². The molecule has 0 aliphatic carbocycles. The number of aldehydes is 2. The van der Waals surface area contributed by atoms with Crippen molar-refractivity contribution in [2.75, 3.05) is 0 Å². The van der Waals surface area contributed by atoms with Gasteiger partial charge in [0.1, 0.15) is 23.6 Å². The third-order valence-electron chi connectivity index (χ3n) is 7.22. The Kier molecular flexibility index (Phi) is 6.88. The molecule has 10 nitrogen and oxygen atoms in total. The number of hydrogen-bond acceptors (Lipinski definition) is 6. The highest BCUT2D eigenvalue weighted by Crippen LogP contribution is 2.42. The van der Waals surface area contributed by atoms with Crippen LogP contribution in [0.15, 0.2) is 70.5 Å². The summed E-state index contributed by atoms with van der Waals surface area (Å²) >= 11 is 13.9.